The van der Waals surface area contributed by atoms with E-state index in [9.17, 15) is 14.4 Å². The number of carbonyl (C=O) groups is 3. The molecular formula is C25H29N3O7. The van der Waals surface area contributed by atoms with E-state index in [4.69, 9.17) is 18.9 Å². The van der Waals surface area contributed by atoms with E-state index in [2.05, 4.69) is 5.32 Å². The molecule has 0 bridgehead atoms. The lowest BCUT2D eigenvalue weighted by atomic mass is 9.98. The largest absolute Gasteiger partial charge is 0.493 e. The van der Waals surface area contributed by atoms with Gasteiger partial charge in [-0.05, 0) is 47.4 Å². The maximum absolute atomic E-state index is 13.0. The predicted octanol–water partition coefficient (Wildman–Crippen LogP) is 2.12. The summed E-state index contributed by atoms with van der Waals surface area (Å²) in [5.41, 5.74) is 2.77. The molecule has 0 unspecified atom stereocenters. The Kier molecular flexibility index (Phi) is 6.99. The van der Waals surface area contributed by atoms with Crippen molar-refractivity contribution in [1.29, 1.82) is 0 Å². The van der Waals surface area contributed by atoms with Crippen molar-refractivity contribution in [3.63, 3.8) is 0 Å². The molecule has 4 rings (SSSR count). The number of hydrogen-bond donors (Lipinski definition) is 1. The van der Waals surface area contributed by atoms with Crippen molar-refractivity contribution in [1.82, 2.24) is 15.1 Å². The van der Waals surface area contributed by atoms with E-state index in [0.717, 1.165) is 16.0 Å². The van der Waals surface area contributed by atoms with Gasteiger partial charge < -0.3 is 29.2 Å². The summed E-state index contributed by atoms with van der Waals surface area (Å²) in [6.45, 7) is 0.985. The molecule has 0 radical (unpaired) electrons. The van der Waals surface area contributed by atoms with Crippen molar-refractivity contribution in [2.45, 2.75) is 32.0 Å². The van der Waals surface area contributed by atoms with Crippen LogP contribution in [0, 0.1) is 0 Å². The van der Waals surface area contributed by atoms with Gasteiger partial charge in [-0.15, -0.1) is 0 Å². The molecule has 0 saturated carbocycles. The number of imide groups is 1. The fourth-order valence-corrected chi connectivity index (χ4v) is 4.43. The SMILES string of the molecule is COc1ccc(CN2C(=O)N[C@H](CC(=O)N3CCc4cc(OC)c(OC)cc4C3)C2=O)cc1OC. The fourth-order valence-electron chi connectivity index (χ4n) is 4.43. The Labute approximate surface area is 203 Å². The number of amides is 4. The van der Waals surface area contributed by atoms with Crippen molar-refractivity contribution in [2.24, 2.45) is 0 Å². The topological polar surface area (TPSA) is 107 Å². The summed E-state index contributed by atoms with van der Waals surface area (Å²) in [6.07, 6.45) is 0.563. The van der Waals surface area contributed by atoms with Crippen LogP contribution in [0.1, 0.15) is 23.1 Å². The highest BCUT2D eigenvalue weighted by Gasteiger charge is 2.40. The highest BCUT2D eigenvalue weighted by Crippen LogP contribution is 2.33. The maximum atomic E-state index is 13.0. The first-order valence-electron chi connectivity index (χ1n) is 11.2. The third kappa shape index (κ3) is 4.82. The van der Waals surface area contributed by atoms with Gasteiger partial charge in [0.15, 0.2) is 23.0 Å². The third-order valence-corrected chi connectivity index (χ3v) is 6.35. The Balaban J connectivity index is 1.41. The smallest absolute Gasteiger partial charge is 0.325 e. The van der Waals surface area contributed by atoms with E-state index < -0.39 is 18.0 Å². The Bertz CT molecular complexity index is 1150. The lowest BCUT2D eigenvalue weighted by Gasteiger charge is -2.30. The molecule has 1 N–H and O–H groups in total. The van der Waals surface area contributed by atoms with Crippen molar-refractivity contribution in [3.8, 4) is 23.0 Å². The second kappa shape index (κ2) is 10.1. The van der Waals surface area contributed by atoms with Gasteiger partial charge in [0.25, 0.3) is 5.91 Å². The summed E-state index contributed by atoms with van der Waals surface area (Å²) in [7, 11) is 6.20. The molecule has 10 nitrogen and oxygen atoms in total. The molecule has 35 heavy (non-hydrogen) atoms. The molecule has 1 saturated heterocycles. The number of nitrogens with one attached hydrogen (secondary N) is 1. The van der Waals surface area contributed by atoms with Crippen LogP contribution >= 0.6 is 0 Å². The van der Waals surface area contributed by atoms with Gasteiger partial charge in [-0.2, -0.15) is 0 Å². The van der Waals surface area contributed by atoms with E-state index in [1.807, 2.05) is 12.1 Å². The number of rotatable bonds is 8. The minimum atomic E-state index is -0.901. The minimum Gasteiger partial charge on any atom is -0.493 e. The molecule has 2 aromatic rings. The molecule has 2 aromatic carbocycles. The number of hydrogen-bond acceptors (Lipinski definition) is 7. The highest BCUT2D eigenvalue weighted by molar-refractivity contribution is 6.05. The molecule has 2 heterocycles. The van der Waals surface area contributed by atoms with Gasteiger partial charge in [0.05, 0.1) is 41.4 Å². The molecule has 0 aliphatic carbocycles. The summed E-state index contributed by atoms with van der Waals surface area (Å²) in [6, 6.07) is 7.57. The zero-order chi connectivity index (χ0) is 25.1. The van der Waals surface area contributed by atoms with Crippen LogP contribution < -0.4 is 24.3 Å². The zero-order valence-corrected chi connectivity index (χ0v) is 20.3. The van der Waals surface area contributed by atoms with Gasteiger partial charge >= 0.3 is 6.03 Å². The van der Waals surface area contributed by atoms with Crippen LogP contribution in [0.3, 0.4) is 0 Å². The quantitative estimate of drug-likeness (QED) is 0.573. The number of benzene rings is 2. The number of urea groups is 1. The Morgan fingerprint density at radius 3 is 2.20 bits per heavy atom. The second-order valence-electron chi connectivity index (χ2n) is 8.36. The maximum Gasteiger partial charge on any atom is 0.325 e. The number of fused-ring (bicyclic) bond motifs is 1. The monoisotopic (exact) mass is 483 g/mol. The fraction of sp³-hybridized carbons (Fsp3) is 0.400. The molecule has 2 aliphatic heterocycles. The Morgan fingerprint density at radius 1 is 0.914 bits per heavy atom. The third-order valence-electron chi connectivity index (χ3n) is 6.35. The van der Waals surface area contributed by atoms with Gasteiger partial charge in [0, 0.05) is 13.1 Å². The standard InChI is InChI=1S/C25H29N3O7/c1-32-19-6-5-15(9-20(19)33-2)13-28-24(30)18(26-25(28)31)12-23(29)27-8-7-16-10-21(34-3)22(35-4)11-17(16)14-27/h5-6,9-11,18H,7-8,12-14H2,1-4H3,(H,26,31)/t18-/m1/s1. The molecule has 0 aromatic heterocycles. The van der Waals surface area contributed by atoms with Gasteiger partial charge in [-0.3, -0.25) is 14.5 Å². The van der Waals surface area contributed by atoms with Crippen molar-refractivity contribution in [2.75, 3.05) is 35.0 Å². The first-order valence-corrected chi connectivity index (χ1v) is 11.2. The van der Waals surface area contributed by atoms with E-state index in [1.165, 1.54) is 14.2 Å². The van der Waals surface area contributed by atoms with Crippen LogP contribution in [-0.2, 0) is 29.1 Å². The predicted molar refractivity (Wildman–Crippen MR) is 126 cm³/mol. The summed E-state index contributed by atoms with van der Waals surface area (Å²) in [5, 5.41) is 2.65. The van der Waals surface area contributed by atoms with Gasteiger partial charge in [0.1, 0.15) is 6.04 Å². The molecule has 0 spiro atoms. The Morgan fingerprint density at radius 2 is 1.54 bits per heavy atom. The molecule has 1 fully saturated rings. The lowest BCUT2D eigenvalue weighted by Crippen LogP contribution is -2.41. The number of ether oxygens (including phenoxy) is 4. The normalized spacial score (nSPS) is 17.1. The highest BCUT2D eigenvalue weighted by atomic mass is 16.5. The Hall–Kier alpha value is -3.95. The van der Waals surface area contributed by atoms with Crippen molar-refractivity contribution >= 4 is 17.8 Å². The zero-order valence-electron chi connectivity index (χ0n) is 20.3. The summed E-state index contributed by atoms with van der Waals surface area (Å²) in [4.78, 5) is 41.3. The van der Waals surface area contributed by atoms with Crippen LogP contribution in [0.4, 0.5) is 4.79 Å². The summed E-state index contributed by atoms with van der Waals surface area (Å²) < 4.78 is 21.3. The van der Waals surface area contributed by atoms with Crippen LogP contribution in [0.2, 0.25) is 0 Å². The minimum absolute atomic E-state index is 0.0639. The second-order valence-corrected chi connectivity index (χ2v) is 8.36. The van der Waals surface area contributed by atoms with E-state index >= 15 is 0 Å². The van der Waals surface area contributed by atoms with Gasteiger partial charge in [-0.1, -0.05) is 6.07 Å². The van der Waals surface area contributed by atoms with Gasteiger partial charge in [-0.25, -0.2) is 4.79 Å². The summed E-state index contributed by atoms with van der Waals surface area (Å²) >= 11 is 0. The first-order chi connectivity index (χ1) is 16.9. The molecule has 186 valence electrons. The first kappa shape index (κ1) is 24.2. The average Bonchev–Trinajstić information content (AvgIpc) is 3.14. The van der Waals surface area contributed by atoms with Crippen LogP contribution in [0.15, 0.2) is 30.3 Å². The van der Waals surface area contributed by atoms with Crippen LogP contribution in [0.5, 0.6) is 23.0 Å². The average molecular weight is 484 g/mol. The number of carbonyl (C=O) groups excluding carboxylic acids is 3. The van der Waals surface area contributed by atoms with Crippen LogP contribution in [-0.4, -0.2) is 68.7 Å². The van der Waals surface area contributed by atoms with E-state index in [-0.39, 0.29) is 18.9 Å². The van der Waals surface area contributed by atoms with E-state index in [0.29, 0.717) is 48.1 Å². The lowest BCUT2D eigenvalue weighted by molar-refractivity contribution is -0.136. The van der Waals surface area contributed by atoms with Crippen molar-refractivity contribution in [3.05, 3.63) is 47.0 Å². The molecule has 2 aliphatic rings. The van der Waals surface area contributed by atoms with Crippen molar-refractivity contribution < 1.29 is 33.3 Å². The van der Waals surface area contributed by atoms with E-state index in [1.54, 1.807) is 37.3 Å². The van der Waals surface area contributed by atoms with Gasteiger partial charge in [0.2, 0.25) is 5.91 Å². The summed E-state index contributed by atoms with van der Waals surface area (Å²) in [5.74, 6) is 1.68. The molecule has 1 atom stereocenters. The van der Waals surface area contributed by atoms with Crippen LogP contribution in [0.25, 0.3) is 0 Å². The number of methoxy groups -OCH3 is 4. The molecule has 4 amide bonds. The number of nitrogens with zero attached hydrogens (tertiary/aromatic N) is 2. The molecular weight excluding hydrogens is 454 g/mol. The molecule has 10 heteroatoms.